The summed E-state index contributed by atoms with van der Waals surface area (Å²) in [7, 11) is -3.41. The van der Waals surface area contributed by atoms with Gasteiger partial charge in [0, 0.05) is 6.54 Å². The van der Waals surface area contributed by atoms with Crippen molar-refractivity contribution < 1.29 is 26.0 Å². The molecule has 2 rings (SSSR count). The normalized spacial score (nSPS) is 11.5. The molecule has 0 fully saturated rings. The van der Waals surface area contributed by atoms with Gasteiger partial charge in [0.25, 0.3) is 11.9 Å². The van der Waals surface area contributed by atoms with E-state index in [1.165, 1.54) is 0 Å². The van der Waals surface area contributed by atoms with Crippen molar-refractivity contribution in [1.29, 1.82) is 0 Å². The van der Waals surface area contributed by atoms with Crippen LogP contribution in [0.5, 0.6) is 0 Å². The van der Waals surface area contributed by atoms with Crippen LogP contribution in [0.3, 0.4) is 0 Å². The van der Waals surface area contributed by atoms with Gasteiger partial charge in [0.05, 0.1) is 11.5 Å². The summed E-state index contributed by atoms with van der Waals surface area (Å²) in [5.74, 6) is -7.24. The minimum Gasteiger partial charge on any atom is -0.380 e. The van der Waals surface area contributed by atoms with Crippen molar-refractivity contribution in [3.63, 3.8) is 0 Å². The summed E-state index contributed by atoms with van der Waals surface area (Å²) in [4.78, 5) is 2.43. The van der Waals surface area contributed by atoms with Crippen molar-refractivity contribution in [2.24, 2.45) is 0 Å². The zero-order chi connectivity index (χ0) is 17.7. The molecule has 1 heterocycles. The van der Waals surface area contributed by atoms with Crippen molar-refractivity contribution in [3.05, 3.63) is 59.4 Å². The molecule has 0 aliphatic rings. The summed E-state index contributed by atoms with van der Waals surface area (Å²) >= 11 is 0. The van der Waals surface area contributed by atoms with Crippen LogP contribution in [0.4, 0.5) is 23.2 Å². The molecule has 0 aliphatic heterocycles. The highest BCUT2D eigenvalue weighted by molar-refractivity contribution is 7.90. The van der Waals surface area contributed by atoms with Crippen molar-refractivity contribution in [2.45, 2.75) is 12.2 Å². The third kappa shape index (κ3) is 4.67. The summed E-state index contributed by atoms with van der Waals surface area (Å²) in [6, 6.07) is 8.53. The van der Waals surface area contributed by atoms with Crippen LogP contribution in [0, 0.1) is 23.5 Å². The summed E-state index contributed by atoms with van der Waals surface area (Å²) < 4.78 is 76.5. The number of aromatic nitrogens is 1. The van der Waals surface area contributed by atoms with Crippen LogP contribution in [0.2, 0.25) is 0 Å². The molecule has 9 heteroatoms. The lowest BCUT2D eigenvalue weighted by molar-refractivity contribution is 0.410. The molecule has 0 atom stereocenters. The third-order valence-corrected chi connectivity index (χ3v) is 4.84. The van der Waals surface area contributed by atoms with Gasteiger partial charge in [0.1, 0.15) is 5.69 Å². The maximum Gasteiger partial charge on any atom is 0.253 e. The number of nitrogens with zero attached hydrogens (tertiary/aromatic N) is 1. The number of anilines is 1. The first-order valence-corrected chi connectivity index (χ1v) is 8.80. The molecule has 0 spiro atoms. The van der Waals surface area contributed by atoms with Crippen LogP contribution >= 0.6 is 0 Å². The van der Waals surface area contributed by atoms with Crippen molar-refractivity contribution in [2.75, 3.05) is 17.6 Å². The molecule has 1 N–H and O–H groups in total. The average molecular weight is 362 g/mol. The highest BCUT2D eigenvalue weighted by Gasteiger charge is 2.20. The lowest BCUT2D eigenvalue weighted by Crippen LogP contribution is -2.15. The smallest absolute Gasteiger partial charge is 0.253 e. The molecule has 2 aromatic rings. The molecule has 0 amide bonds. The highest BCUT2D eigenvalue weighted by Crippen LogP contribution is 2.21. The fraction of sp³-hybridized carbons (Fsp3) is 0.267. The number of hydrogen-bond acceptors (Lipinski definition) is 4. The Balaban J connectivity index is 1.91. The Kier molecular flexibility index (Phi) is 5.76. The fourth-order valence-electron chi connectivity index (χ4n) is 2.05. The minimum absolute atomic E-state index is 0.0135. The monoisotopic (exact) mass is 362 g/mol. The Bertz CT molecular complexity index is 788. The van der Waals surface area contributed by atoms with E-state index < -0.39 is 39.1 Å². The zero-order valence-corrected chi connectivity index (χ0v) is 13.2. The SMILES string of the molecule is O=S(=O)(CCCNc1c(F)c(F)nc(F)c1F)Cc1ccccc1. The number of halogens is 4. The number of benzene rings is 1. The maximum absolute atomic E-state index is 13.4. The van der Waals surface area contributed by atoms with Gasteiger partial charge in [0.2, 0.25) is 11.6 Å². The Labute approximate surface area is 136 Å². The van der Waals surface area contributed by atoms with Crippen molar-refractivity contribution >= 4 is 15.5 Å². The topological polar surface area (TPSA) is 59.1 Å². The van der Waals surface area contributed by atoms with Crippen molar-refractivity contribution in [1.82, 2.24) is 4.98 Å². The van der Waals surface area contributed by atoms with E-state index in [2.05, 4.69) is 10.3 Å². The number of hydrogen-bond donors (Lipinski definition) is 1. The van der Waals surface area contributed by atoms with E-state index in [-0.39, 0.29) is 24.5 Å². The molecule has 0 aliphatic carbocycles. The van der Waals surface area contributed by atoms with Gasteiger partial charge in [-0.1, -0.05) is 30.3 Å². The van der Waals surface area contributed by atoms with Crippen molar-refractivity contribution in [3.8, 4) is 0 Å². The van der Waals surface area contributed by atoms with E-state index in [1.807, 2.05) is 0 Å². The predicted octanol–water partition coefficient (Wildman–Crippen LogP) is 3.06. The van der Waals surface area contributed by atoms with E-state index in [4.69, 9.17) is 0 Å². The molecular formula is C15H14F4N2O2S. The quantitative estimate of drug-likeness (QED) is 0.467. The Morgan fingerprint density at radius 1 is 0.958 bits per heavy atom. The van der Waals surface area contributed by atoms with E-state index >= 15 is 0 Å². The lowest BCUT2D eigenvalue weighted by atomic mass is 10.2. The van der Waals surface area contributed by atoms with E-state index in [9.17, 15) is 26.0 Å². The Morgan fingerprint density at radius 3 is 2.12 bits per heavy atom. The maximum atomic E-state index is 13.4. The van der Waals surface area contributed by atoms with Gasteiger partial charge in [-0.05, 0) is 12.0 Å². The largest absolute Gasteiger partial charge is 0.380 e. The van der Waals surface area contributed by atoms with E-state index in [1.54, 1.807) is 30.3 Å². The summed E-state index contributed by atoms with van der Waals surface area (Å²) in [6.45, 7) is -0.176. The second-order valence-electron chi connectivity index (χ2n) is 5.05. The number of pyridine rings is 1. The molecule has 24 heavy (non-hydrogen) atoms. The first-order chi connectivity index (χ1) is 11.3. The molecule has 130 valence electrons. The van der Waals surface area contributed by atoms with Crippen LogP contribution in [0.15, 0.2) is 30.3 Å². The van der Waals surface area contributed by atoms with Gasteiger partial charge in [-0.15, -0.1) is 0 Å². The fourth-order valence-corrected chi connectivity index (χ4v) is 3.48. The molecular weight excluding hydrogens is 348 g/mol. The molecule has 0 saturated carbocycles. The molecule has 0 saturated heterocycles. The van der Waals surface area contributed by atoms with E-state index in [0.717, 1.165) is 0 Å². The second kappa shape index (κ2) is 7.61. The summed E-state index contributed by atoms with van der Waals surface area (Å²) in [5.41, 5.74) is -0.374. The molecule has 1 aromatic heterocycles. The lowest BCUT2D eigenvalue weighted by Gasteiger charge is -2.09. The van der Waals surface area contributed by atoms with Crippen LogP contribution in [-0.2, 0) is 15.6 Å². The Hall–Kier alpha value is -2.16. The number of sulfone groups is 1. The van der Waals surface area contributed by atoms with Gasteiger partial charge in [-0.2, -0.15) is 22.5 Å². The van der Waals surface area contributed by atoms with Gasteiger partial charge in [-0.3, -0.25) is 0 Å². The summed E-state index contributed by atoms with van der Waals surface area (Å²) in [6.07, 6.45) is 0.0135. The van der Waals surface area contributed by atoms with Crippen LogP contribution in [0.25, 0.3) is 0 Å². The average Bonchev–Trinajstić information content (AvgIpc) is 2.53. The number of nitrogens with one attached hydrogen (secondary N) is 1. The molecule has 0 bridgehead atoms. The highest BCUT2D eigenvalue weighted by atomic mass is 32.2. The van der Waals surface area contributed by atoms with Crippen LogP contribution < -0.4 is 5.32 Å². The van der Waals surface area contributed by atoms with Gasteiger partial charge in [0.15, 0.2) is 9.84 Å². The first kappa shape index (κ1) is 18.2. The molecule has 1 aromatic carbocycles. The second-order valence-corrected chi connectivity index (χ2v) is 7.24. The summed E-state index contributed by atoms with van der Waals surface area (Å²) in [5, 5.41) is 2.16. The van der Waals surface area contributed by atoms with Gasteiger partial charge in [-0.25, -0.2) is 8.42 Å². The van der Waals surface area contributed by atoms with E-state index in [0.29, 0.717) is 5.56 Å². The van der Waals surface area contributed by atoms with Gasteiger partial charge < -0.3 is 5.32 Å². The minimum atomic E-state index is -3.41. The molecule has 0 unspecified atom stereocenters. The first-order valence-electron chi connectivity index (χ1n) is 6.98. The van der Waals surface area contributed by atoms with Crippen LogP contribution in [0.1, 0.15) is 12.0 Å². The zero-order valence-electron chi connectivity index (χ0n) is 12.4. The predicted molar refractivity (Wildman–Crippen MR) is 81.1 cm³/mol. The Morgan fingerprint density at radius 2 is 1.54 bits per heavy atom. The molecule has 0 radical (unpaired) electrons. The molecule has 4 nitrogen and oxygen atoms in total. The standard InChI is InChI=1S/C15H14F4N2O2S/c16-11-13(12(17)15(19)21-14(11)18)20-7-4-8-24(22,23)9-10-5-2-1-3-6-10/h1-3,5-6H,4,7-9H2,(H,20,21). The van der Waals surface area contributed by atoms with Crippen LogP contribution in [-0.4, -0.2) is 25.7 Å². The third-order valence-electron chi connectivity index (χ3n) is 3.16. The number of rotatable bonds is 7. The van der Waals surface area contributed by atoms with Gasteiger partial charge >= 0.3 is 0 Å².